The number of rotatable bonds is 5. The third-order valence-corrected chi connectivity index (χ3v) is 5.88. The number of methoxy groups -OCH3 is 2. The van der Waals surface area contributed by atoms with E-state index in [2.05, 4.69) is 0 Å². The number of hydrogen-bond donors (Lipinski definition) is 1. The van der Waals surface area contributed by atoms with E-state index in [9.17, 15) is 14.7 Å². The number of aromatic hydroxyl groups is 1. The van der Waals surface area contributed by atoms with Crippen LogP contribution >= 0.6 is 0 Å². The number of phenolic OH excluding ortho intramolecular Hbond substituents is 1. The van der Waals surface area contributed by atoms with Crippen LogP contribution in [0.15, 0.2) is 11.6 Å². The number of carbonyl (C=O) groups excluding carboxylic acids is 2. The van der Waals surface area contributed by atoms with Crippen LogP contribution in [0, 0.1) is 18.8 Å². The lowest BCUT2D eigenvalue weighted by Gasteiger charge is -2.19. The molecule has 2 aliphatic rings. The van der Waals surface area contributed by atoms with E-state index < -0.39 is 5.97 Å². The lowest BCUT2D eigenvalue weighted by atomic mass is 9.88. The number of allylic oxidation sites excluding steroid dienone is 2. The van der Waals surface area contributed by atoms with Crippen LogP contribution in [0.4, 0.5) is 0 Å². The summed E-state index contributed by atoms with van der Waals surface area (Å²) in [7, 11) is 2.97. The van der Waals surface area contributed by atoms with Crippen molar-refractivity contribution in [1.82, 2.24) is 0 Å². The molecule has 2 unspecified atom stereocenters. The zero-order valence-electron chi connectivity index (χ0n) is 16.3. The summed E-state index contributed by atoms with van der Waals surface area (Å²) in [4.78, 5) is 24.0. The molecule has 6 nitrogen and oxygen atoms in total. The van der Waals surface area contributed by atoms with Gasteiger partial charge in [0, 0.05) is 11.1 Å². The van der Waals surface area contributed by atoms with Crippen LogP contribution in [-0.4, -0.2) is 31.3 Å². The standard InChI is InChI=1S/C21H26O6/c1-11(13-6-5-7-14(13)20(23)26-4)8-9-15-18(22)17-16(10-27-21(17)24)12(2)19(15)25-3/h8,13-14,22H,5-7,9-10H2,1-4H3. The van der Waals surface area contributed by atoms with E-state index in [1.165, 1.54) is 7.11 Å². The van der Waals surface area contributed by atoms with Crippen molar-refractivity contribution in [3.05, 3.63) is 33.9 Å². The molecule has 1 N–H and O–H groups in total. The first-order valence-electron chi connectivity index (χ1n) is 9.23. The summed E-state index contributed by atoms with van der Waals surface area (Å²) in [6.07, 6.45) is 5.19. The fourth-order valence-corrected chi connectivity index (χ4v) is 4.38. The van der Waals surface area contributed by atoms with Gasteiger partial charge in [0.2, 0.25) is 0 Å². The van der Waals surface area contributed by atoms with Crippen molar-refractivity contribution in [2.75, 3.05) is 14.2 Å². The maximum absolute atomic E-state index is 12.0. The molecular formula is C21H26O6. The quantitative estimate of drug-likeness (QED) is 0.628. The zero-order chi connectivity index (χ0) is 19.7. The number of hydrogen-bond acceptors (Lipinski definition) is 6. The topological polar surface area (TPSA) is 82.1 Å². The first kappa shape index (κ1) is 19.3. The maximum atomic E-state index is 12.0. The van der Waals surface area contributed by atoms with Crippen LogP contribution in [0.3, 0.4) is 0 Å². The van der Waals surface area contributed by atoms with Crippen LogP contribution in [-0.2, 0) is 27.3 Å². The van der Waals surface area contributed by atoms with Gasteiger partial charge in [-0.1, -0.05) is 18.1 Å². The molecule has 146 valence electrons. The second-order valence-corrected chi connectivity index (χ2v) is 7.23. The molecule has 1 saturated carbocycles. The number of esters is 2. The minimum Gasteiger partial charge on any atom is -0.507 e. The number of phenols is 1. The van der Waals surface area contributed by atoms with Crippen LogP contribution in [0.1, 0.15) is 53.2 Å². The highest BCUT2D eigenvalue weighted by Gasteiger charge is 2.35. The van der Waals surface area contributed by atoms with Gasteiger partial charge >= 0.3 is 11.9 Å². The second-order valence-electron chi connectivity index (χ2n) is 7.23. The first-order chi connectivity index (χ1) is 12.9. The summed E-state index contributed by atoms with van der Waals surface area (Å²) < 4.78 is 15.5. The van der Waals surface area contributed by atoms with Crippen molar-refractivity contribution in [3.8, 4) is 11.5 Å². The summed E-state index contributed by atoms with van der Waals surface area (Å²) in [5.41, 5.74) is 3.39. The summed E-state index contributed by atoms with van der Waals surface area (Å²) in [6, 6.07) is 0. The van der Waals surface area contributed by atoms with Gasteiger partial charge in [-0.25, -0.2) is 4.79 Å². The van der Waals surface area contributed by atoms with Gasteiger partial charge < -0.3 is 19.3 Å². The third-order valence-electron chi connectivity index (χ3n) is 5.88. The minimum atomic E-state index is -0.503. The molecule has 1 heterocycles. The molecule has 0 aromatic heterocycles. The van der Waals surface area contributed by atoms with Gasteiger partial charge in [0.25, 0.3) is 0 Å². The van der Waals surface area contributed by atoms with E-state index in [-0.39, 0.29) is 35.7 Å². The Morgan fingerprint density at radius 2 is 2.00 bits per heavy atom. The van der Waals surface area contributed by atoms with Gasteiger partial charge in [-0.15, -0.1) is 0 Å². The molecule has 27 heavy (non-hydrogen) atoms. The molecule has 1 aromatic carbocycles. The van der Waals surface area contributed by atoms with Crippen LogP contribution in [0.5, 0.6) is 11.5 Å². The molecule has 1 aromatic rings. The molecule has 1 fully saturated rings. The molecule has 0 bridgehead atoms. The predicted octanol–water partition coefficient (Wildman–Crippen LogP) is 3.46. The lowest BCUT2D eigenvalue weighted by Crippen LogP contribution is -2.21. The third kappa shape index (κ3) is 3.29. The minimum absolute atomic E-state index is 0.0741. The molecular weight excluding hydrogens is 348 g/mol. The van der Waals surface area contributed by atoms with Crippen molar-refractivity contribution in [1.29, 1.82) is 0 Å². The van der Waals surface area contributed by atoms with Crippen molar-refractivity contribution in [2.24, 2.45) is 11.8 Å². The van der Waals surface area contributed by atoms with Gasteiger partial charge in [0.1, 0.15) is 23.7 Å². The van der Waals surface area contributed by atoms with E-state index >= 15 is 0 Å². The van der Waals surface area contributed by atoms with Gasteiger partial charge in [-0.2, -0.15) is 0 Å². The summed E-state index contributed by atoms with van der Waals surface area (Å²) in [5, 5.41) is 10.7. The second kappa shape index (κ2) is 7.62. The maximum Gasteiger partial charge on any atom is 0.342 e. The van der Waals surface area contributed by atoms with E-state index in [0.717, 1.165) is 30.4 Å². The van der Waals surface area contributed by atoms with Crippen molar-refractivity contribution in [3.63, 3.8) is 0 Å². The molecule has 3 rings (SSSR count). The molecule has 1 aliphatic heterocycles. The Bertz CT molecular complexity index is 808. The Hall–Kier alpha value is -2.50. The molecule has 2 atom stereocenters. The lowest BCUT2D eigenvalue weighted by molar-refractivity contribution is -0.146. The highest BCUT2D eigenvalue weighted by atomic mass is 16.5. The number of carbonyl (C=O) groups is 2. The predicted molar refractivity (Wildman–Crippen MR) is 98.8 cm³/mol. The van der Waals surface area contributed by atoms with E-state index in [0.29, 0.717) is 23.3 Å². The van der Waals surface area contributed by atoms with Gasteiger partial charge in [0.15, 0.2) is 0 Å². The van der Waals surface area contributed by atoms with Gasteiger partial charge in [-0.05, 0) is 44.6 Å². The fraction of sp³-hybridized carbons (Fsp3) is 0.524. The molecule has 0 amide bonds. The van der Waals surface area contributed by atoms with Gasteiger partial charge in [0.05, 0.1) is 20.1 Å². The van der Waals surface area contributed by atoms with E-state index in [1.54, 1.807) is 7.11 Å². The smallest absolute Gasteiger partial charge is 0.342 e. The van der Waals surface area contributed by atoms with Crippen LogP contribution in [0.2, 0.25) is 0 Å². The normalized spacial score (nSPS) is 21.8. The number of benzene rings is 1. The van der Waals surface area contributed by atoms with Crippen molar-refractivity contribution >= 4 is 11.9 Å². The van der Waals surface area contributed by atoms with Gasteiger partial charge in [-0.3, -0.25) is 4.79 Å². The number of fused-ring (bicyclic) bond motifs is 1. The first-order valence-corrected chi connectivity index (χ1v) is 9.23. The zero-order valence-corrected chi connectivity index (χ0v) is 16.3. The fourth-order valence-electron chi connectivity index (χ4n) is 4.38. The van der Waals surface area contributed by atoms with E-state index in [4.69, 9.17) is 14.2 Å². The Morgan fingerprint density at radius 3 is 2.67 bits per heavy atom. The van der Waals surface area contributed by atoms with Crippen molar-refractivity contribution < 1.29 is 28.9 Å². The summed E-state index contributed by atoms with van der Waals surface area (Å²) in [5.74, 6) is -0.136. The van der Waals surface area contributed by atoms with E-state index in [1.807, 2.05) is 19.9 Å². The number of cyclic esters (lactones) is 1. The Labute approximate surface area is 159 Å². The number of ether oxygens (including phenoxy) is 3. The largest absolute Gasteiger partial charge is 0.507 e. The van der Waals surface area contributed by atoms with Crippen LogP contribution < -0.4 is 4.74 Å². The SMILES string of the molecule is COC(=O)C1CCCC1C(C)=CCc1c(O)c2c(c(C)c1OC)COC2=O. The van der Waals surface area contributed by atoms with Crippen LogP contribution in [0.25, 0.3) is 0 Å². The molecule has 0 spiro atoms. The Morgan fingerprint density at radius 1 is 1.30 bits per heavy atom. The average molecular weight is 374 g/mol. The molecule has 0 saturated heterocycles. The molecule has 1 aliphatic carbocycles. The molecule has 0 radical (unpaired) electrons. The summed E-state index contributed by atoms with van der Waals surface area (Å²) >= 11 is 0. The Balaban J connectivity index is 1.93. The monoisotopic (exact) mass is 374 g/mol. The Kier molecular flexibility index (Phi) is 5.44. The summed E-state index contributed by atoms with van der Waals surface area (Å²) in [6.45, 7) is 4.02. The van der Waals surface area contributed by atoms with Crippen molar-refractivity contribution in [2.45, 2.75) is 46.1 Å². The highest BCUT2D eigenvalue weighted by molar-refractivity contribution is 5.98. The highest BCUT2D eigenvalue weighted by Crippen LogP contribution is 2.43. The molecule has 6 heteroatoms. The average Bonchev–Trinajstić information content (AvgIpc) is 3.29.